The van der Waals surface area contributed by atoms with Crippen LogP contribution in [0.3, 0.4) is 0 Å². The largest absolute Gasteiger partial charge is 0.465 e. The minimum Gasteiger partial charge on any atom is -0.465 e. The third-order valence-corrected chi connectivity index (χ3v) is 2.74. The number of carbonyl (C=O) groups excluding carboxylic acids is 2. The number of carbonyl (C=O) groups is 2. The molecule has 0 rings (SSSR count). The highest BCUT2D eigenvalue weighted by Crippen LogP contribution is 2.14. The lowest BCUT2D eigenvalue weighted by Crippen LogP contribution is -2.39. The number of nitrogens with one attached hydrogen (secondary N) is 1. The van der Waals surface area contributed by atoms with Crippen molar-refractivity contribution < 1.29 is 19.1 Å². The molecule has 1 N–H and O–H groups in total. The van der Waals surface area contributed by atoms with E-state index in [0.717, 1.165) is 0 Å². The standard InChI is InChI=1S/C14H24BrNO4/c1-9(2)7-10(8-11(15)12(17)19-6)16-13(18)20-14(3,4)5/h8-10H,7H2,1-6H3,(H,16,18)/b11-8-/t10-/m0/s1. The SMILES string of the molecule is COC(=O)/C(Br)=C/[C@H](CC(C)C)NC(=O)OC(C)(C)C. The van der Waals surface area contributed by atoms with Crippen molar-refractivity contribution >= 4 is 28.0 Å². The van der Waals surface area contributed by atoms with Gasteiger partial charge in [0.25, 0.3) is 0 Å². The summed E-state index contributed by atoms with van der Waals surface area (Å²) in [4.78, 5) is 23.1. The van der Waals surface area contributed by atoms with Crippen LogP contribution in [0.25, 0.3) is 0 Å². The molecular formula is C14H24BrNO4. The molecule has 0 saturated carbocycles. The Morgan fingerprint density at radius 1 is 1.30 bits per heavy atom. The molecule has 0 aliphatic heterocycles. The van der Waals surface area contributed by atoms with E-state index < -0.39 is 17.7 Å². The minimum absolute atomic E-state index is 0.279. The van der Waals surface area contributed by atoms with E-state index in [1.54, 1.807) is 26.8 Å². The van der Waals surface area contributed by atoms with Gasteiger partial charge in [-0.05, 0) is 55.1 Å². The summed E-state index contributed by atoms with van der Waals surface area (Å²) in [5, 5.41) is 2.74. The minimum atomic E-state index is -0.560. The van der Waals surface area contributed by atoms with Crippen molar-refractivity contribution in [3.63, 3.8) is 0 Å². The molecule has 0 aliphatic rings. The fourth-order valence-electron chi connectivity index (χ4n) is 1.48. The van der Waals surface area contributed by atoms with Gasteiger partial charge >= 0.3 is 12.1 Å². The lowest BCUT2D eigenvalue weighted by molar-refractivity contribution is -0.135. The van der Waals surface area contributed by atoms with Crippen LogP contribution >= 0.6 is 15.9 Å². The van der Waals surface area contributed by atoms with Crippen molar-refractivity contribution in [3.8, 4) is 0 Å². The number of hydrogen-bond acceptors (Lipinski definition) is 4. The molecule has 1 amide bonds. The summed E-state index contributed by atoms with van der Waals surface area (Å²) < 4.78 is 10.1. The third kappa shape index (κ3) is 8.96. The molecule has 20 heavy (non-hydrogen) atoms. The molecule has 0 unspecified atom stereocenters. The Morgan fingerprint density at radius 3 is 2.25 bits per heavy atom. The van der Waals surface area contributed by atoms with Gasteiger partial charge in [-0.1, -0.05) is 13.8 Å². The van der Waals surface area contributed by atoms with Gasteiger partial charge in [-0.2, -0.15) is 0 Å². The summed E-state index contributed by atoms with van der Waals surface area (Å²) in [5.74, 6) is -0.131. The Bertz CT molecular complexity index is 372. The average Bonchev–Trinajstić information content (AvgIpc) is 2.23. The summed E-state index contributed by atoms with van der Waals surface area (Å²) in [5.41, 5.74) is -0.560. The smallest absolute Gasteiger partial charge is 0.408 e. The van der Waals surface area contributed by atoms with Gasteiger partial charge in [-0.15, -0.1) is 0 Å². The Morgan fingerprint density at radius 2 is 1.85 bits per heavy atom. The average molecular weight is 350 g/mol. The maximum atomic E-state index is 11.8. The number of hydrogen-bond donors (Lipinski definition) is 1. The van der Waals surface area contributed by atoms with Crippen molar-refractivity contribution in [2.24, 2.45) is 5.92 Å². The van der Waals surface area contributed by atoms with E-state index >= 15 is 0 Å². The Labute approximate surface area is 129 Å². The number of ether oxygens (including phenoxy) is 2. The Balaban J connectivity index is 4.82. The number of rotatable bonds is 5. The van der Waals surface area contributed by atoms with E-state index in [0.29, 0.717) is 12.3 Å². The van der Waals surface area contributed by atoms with E-state index in [-0.39, 0.29) is 10.5 Å². The number of methoxy groups -OCH3 is 1. The van der Waals surface area contributed by atoms with Crippen LogP contribution in [0.2, 0.25) is 0 Å². The van der Waals surface area contributed by atoms with Crippen LogP contribution in [0, 0.1) is 5.92 Å². The van der Waals surface area contributed by atoms with Crippen molar-refractivity contribution in [2.75, 3.05) is 7.11 Å². The zero-order chi connectivity index (χ0) is 15.9. The molecule has 6 heteroatoms. The summed E-state index contributed by atoms with van der Waals surface area (Å²) in [6, 6.07) is -0.307. The molecule has 0 aromatic heterocycles. The summed E-state index contributed by atoms with van der Waals surface area (Å²) >= 11 is 3.14. The van der Waals surface area contributed by atoms with E-state index in [1.807, 2.05) is 13.8 Å². The monoisotopic (exact) mass is 349 g/mol. The van der Waals surface area contributed by atoms with Gasteiger partial charge in [0, 0.05) is 0 Å². The highest BCUT2D eigenvalue weighted by molar-refractivity contribution is 9.12. The van der Waals surface area contributed by atoms with Crippen molar-refractivity contribution in [1.82, 2.24) is 5.32 Å². The molecule has 0 saturated heterocycles. The zero-order valence-corrected chi connectivity index (χ0v) is 14.5. The van der Waals surface area contributed by atoms with Gasteiger partial charge in [0.15, 0.2) is 0 Å². The Kier molecular flexibility index (Phi) is 7.86. The first-order chi connectivity index (χ1) is 9.05. The van der Waals surface area contributed by atoms with Crippen LogP contribution in [0.1, 0.15) is 41.0 Å². The van der Waals surface area contributed by atoms with Crippen LogP contribution in [0.5, 0.6) is 0 Å². The maximum absolute atomic E-state index is 11.8. The fraction of sp³-hybridized carbons (Fsp3) is 0.714. The van der Waals surface area contributed by atoms with Gasteiger partial charge in [0.2, 0.25) is 0 Å². The second-order valence-corrected chi connectivity index (χ2v) is 6.74. The van der Waals surface area contributed by atoms with E-state index in [2.05, 4.69) is 26.0 Å². The lowest BCUT2D eigenvalue weighted by Gasteiger charge is -2.23. The van der Waals surface area contributed by atoms with E-state index in [1.165, 1.54) is 7.11 Å². The number of esters is 1. The van der Waals surface area contributed by atoms with E-state index in [9.17, 15) is 9.59 Å². The van der Waals surface area contributed by atoms with Gasteiger partial charge in [-0.25, -0.2) is 9.59 Å². The zero-order valence-electron chi connectivity index (χ0n) is 13.0. The molecule has 5 nitrogen and oxygen atoms in total. The molecular weight excluding hydrogens is 326 g/mol. The van der Waals surface area contributed by atoms with Crippen LogP contribution in [-0.2, 0) is 14.3 Å². The van der Waals surface area contributed by atoms with Crippen LogP contribution in [0.4, 0.5) is 4.79 Å². The molecule has 0 aromatic rings. The fourth-order valence-corrected chi connectivity index (χ4v) is 1.96. The summed E-state index contributed by atoms with van der Waals surface area (Å²) in [6.07, 6.45) is 1.80. The predicted molar refractivity (Wildman–Crippen MR) is 81.6 cm³/mol. The third-order valence-electron chi connectivity index (χ3n) is 2.16. The van der Waals surface area contributed by atoms with E-state index in [4.69, 9.17) is 4.74 Å². The summed E-state index contributed by atoms with van der Waals surface area (Å²) in [7, 11) is 1.30. The summed E-state index contributed by atoms with van der Waals surface area (Å²) in [6.45, 7) is 9.45. The number of alkyl carbamates (subject to hydrolysis) is 1. The normalized spacial score (nSPS) is 13.9. The second kappa shape index (κ2) is 8.29. The second-order valence-electron chi connectivity index (χ2n) is 5.89. The molecule has 0 aliphatic carbocycles. The first kappa shape index (κ1) is 19.0. The highest BCUT2D eigenvalue weighted by Gasteiger charge is 2.20. The molecule has 0 bridgehead atoms. The van der Waals surface area contributed by atoms with Crippen molar-refractivity contribution in [2.45, 2.75) is 52.7 Å². The molecule has 0 fully saturated rings. The van der Waals surface area contributed by atoms with Crippen LogP contribution < -0.4 is 5.32 Å². The molecule has 0 radical (unpaired) electrons. The number of halogens is 1. The first-order valence-electron chi connectivity index (χ1n) is 6.50. The molecule has 0 aromatic carbocycles. The van der Waals surface area contributed by atoms with Gasteiger partial charge in [-0.3, -0.25) is 0 Å². The molecule has 116 valence electrons. The van der Waals surface area contributed by atoms with Crippen molar-refractivity contribution in [3.05, 3.63) is 10.6 Å². The van der Waals surface area contributed by atoms with Gasteiger partial charge in [0.05, 0.1) is 13.2 Å². The highest BCUT2D eigenvalue weighted by atomic mass is 79.9. The molecule has 0 heterocycles. The van der Waals surface area contributed by atoms with Crippen LogP contribution in [-0.4, -0.2) is 30.8 Å². The van der Waals surface area contributed by atoms with Crippen molar-refractivity contribution in [1.29, 1.82) is 0 Å². The number of amides is 1. The quantitative estimate of drug-likeness (QED) is 0.610. The topological polar surface area (TPSA) is 64.6 Å². The maximum Gasteiger partial charge on any atom is 0.408 e. The first-order valence-corrected chi connectivity index (χ1v) is 7.29. The lowest BCUT2D eigenvalue weighted by atomic mass is 10.0. The molecule has 1 atom stereocenters. The van der Waals surface area contributed by atoms with Gasteiger partial charge < -0.3 is 14.8 Å². The molecule has 0 spiro atoms. The Hall–Kier alpha value is -1.04. The van der Waals surface area contributed by atoms with Gasteiger partial charge in [0.1, 0.15) is 10.1 Å². The predicted octanol–water partition coefficient (Wildman–Crippen LogP) is 3.38. The van der Waals surface area contributed by atoms with Crippen LogP contribution in [0.15, 0.2) is 10.6 Å².